The number of carbonyl (C=O) groups excluding carboxylic acids is 2. The number of rotatable bonds is 4. The molecule has 0 unspecified atom stereocenters. The highest BCUT2D eigenvalue weighted by atomic mass is 16.5. The molecule has 0 aromatic heterocycles. The van der Waals surface area contributed by atoms with Gasteiger partial charge in [-0.3, -0.25) is 9.59 Å². The van der Waals surface area contributed by atoms with E-state index in [9.17, 15) is 9.59 Å². The molecule has 4 rings (SSSR count). The first kappa shape index (κ1) is 20.7. The van der Waals surface area contributed by atoms with Crippen LogP contribution in [-0.4, -0.2) is 25.0 Å². The second-order valence-corrected chi connectivity index (χ2v) is 7.76. The van der Waals surface area contributed by atoms with Gasteiger partial charge in [-0.05, 0) is 49.2 Å². The minimum absolute atomic E-state index is 0.000663. The van der Waals surface area contributed by atoms with E-state index in [2.05, 4.69) is 0 Å². The lowest BCUT2D eigenvalue weighted by Gasteiger charge is -2.43. The maximum Gasteiger partial charge on any atom is 0.262 e. The van der Waals surface area contributed by atoms with Gasteiger partial charge in [0.05, 0.1) is 18.7 Å². The normalized spacial score (nSPS) is 17.6. The molecule has 5 heteroatoms. The summed E-state index contributed by atoms with van der Waals surface area (Å²) in [4.78, 5) is 30.0. The van der Waals surface area contributed by atoms with Crippen LogP contribution in [0.4, 0.5) is 11.4 Å². The van der Waals surface area contributed by atoms with Gasteiger partial charge in [0, 0.05) is 24.3 Å². The molecule has 0 saturated carbocycles. The number of fused-ring (bicyclic) bond motifs is 1. The van der Waals surface area contributed by atoms with Crippen molar-refractivity contribution in [2.24, 2.45) is 0 Å². The molecule has 2 amide bonds. The number of nitrogens with zero attached hydrogens (tertiary/aromatic N) is 2. The minimum atomic E-state index is -0.221. The quantitative estimate of drug-likeness (QED) is 0.587. The van der Waals surface area contributed by atoms with E-state index < -0.39 is 0 Å². The van der Waals surface area contributed by atoms with Gasteiger partial charge in [-0.15, -0.1) is 0 Å². The molecular formula is C26H26N2O3. The molecule has 0 fully saturated rings. The van der Waals surface area contributed by atoms with Gasteiger partial charge in [-0.1, -0.05) is 48.5 Å². The molecule has 2 atom stereocenters. The predicted octanol–water partition coefficient (Wildman–Crippen LogP) is 5.23. The Balaban J connectivity index is 1.88. The van der Waals surface area contributed by atoms with Crippen molar-refractivity contribution in [1.82, 2.24) is 0 Å². The fraction of sp³-hybridized carbons (Fsp3) is 0.231. The zero-order valence-corrected chi connectivity index (χ0v) is 18.0. The van der Waals surface area contributed by atoms with Crippen LogP contribution in [0.1, 0.15) is 42.2 Å². The van der Waals surface area contributed by atoms with Crippen LogP contribution in [0.2, 0.25) is 0 Å². The first-order valence-corrected chi connectivity index (χ1v) is 10.4. The van der Waals surface area contributed by atoms with Gasteiger partial charge in [0.15, 0.2) is 0 Å². The van der Waals surface area contributed by atoms with Crippen molar-refractivity contribution in [3.63, 3.8) is 0 Å². The van der Waals surface area contributed by atoms with Crippen LogP contribution >= 0.6 is 0 Å². The summed E-state index contributed by atoms with van der Waals surface area (Å²) in [5.41, 5.74) is 3.13. The van der Waals surface area contributed by atoms with Crippen LogP contribution in [0.25, 0.3) is 0 Å². The highest BCUT2D eigenvalue weighted by Crippen LogP contribution is 2.43. The number of anilines is 2. The minimum Gasteiger partial charge on any atom is -0.496 e. The number of para-hydroxylation sites is 3. The number of methoxy groups -OCH3 is 1. The van der Waals surface area contributed by atoms with Gasteiger partial charge in [0.2, 0.25) is 5.91 Å². The number of amides is 2. The highest BCUT2D eigenvalue weighted by molar-refractivity contribution is 6.08. The number of ether oxygens (including phenoxy) is 1. The van der Waals surface area contributed by atoms with Gasteiger partial charge < -0.3 is 14.5 Å². The van der Waals surface area contributed by atoms with Crippen LogP contribution in [0.3, 0.4) is 0 Å². The summed E-state index contributed by atoms with van der Waals surface area (Å²) in [6, 6.07) is 24.5. The lowest BCUT2D eigenvalue weighted by atomic mass is 9.89. The number of hydrogen-bond donors (Lipinski definition) is 0. The molecule has 1 aliphatic heterocycles. The fourth-order valence-corrected chi connectivity index (χ4v) is 4.48. The Hall–Kier alpha value is -3.60. The Morgan fingerprint density at radius 2 is 1.58 bits per heavy atom. The van der Waals surface area contributed by atoms with E-state index >= 15 is 0 Å². The summed E-state index contributed by atoms with van der Waals surface area (Å²) in [5.74, 6) is 0.406. The van der Waals surface area contributed by atoms with Crippen LogP contribution < -0.4 is 14.5 Å². The van der Waals surface area contributed by atoms with Crippen molar-refractivity contribution in [3.8, 4) is 5.75 Å². The van der Waals surface area contributed by atoms with E-state index in [4.69, 9.17) is 4.74 Å². The lowest BCUT2D eigenvalue weighted by molar-refractivity contribution is -0.117. The van der Waals surface area contributed by atoms with Crippen molar-refractivity contribution in [2.45, 2.75) is 32.4 Å². The van der Waals surface area contributed by atoms with E-state index in [1.165, 1.54) is 0 Å². The van der Waals surface area contributed by atoms with Crippen molar-refractivity contribution in [3.05, 3.63) is 90.0 Å². The zero-order valence-electron chi connectivity index (χ0n) is 18.0. The molecule has 0 bridgehead atoms. The van der Waals surface area contributed by atoms with Gasteiger partial charge in [-0.2, -0.15) is 0 Å². The highest BCUT2D eigenvalue weighted by Gasteiger charge is 2.38. The molecule has 31 heavy (non-hydrogen) atoms. The molecule has 3 aromatic carbocycles. The van der Waals surface area contributed by atoms with Crippen molar-refractivity contribution in [1.29, 1.82) is 0 Å². The molecule has 3 aromatic rings. The smallest absolute Gasteiger partial charge is 0.262 e. The summed E-state index contributed by atoms with van der Waals surface area (Å²) in [6.45, 7) is 3.61. The number of carbonyl (C=O) groups is 2. The van der Waals surface area contributed by atoms with Crippen LogP contribution in [-0.2, 0) is 4.79 Å². The van der Waals surface area contributed by atoms with Crippen molar-refractivity contribution < 1.29 is 14.3 Å². The Kier molecular flexibility index (Phi) is 5.76. The maximum absolute atomic E-state index is 13.9. The van der Waals surface area contributed by atoms with Gasteiger partial charge >= 0.3 is 0 Å². The molecule has 0 N–H and O–H groups in total. The third-order valence-corrected chi connectivity index (χ3v) is 5.80. The summed E-state index contributed by atoms with van der Waals surface area (Å²) in [5, 5.41) is 0. The summed E-state index contributed by atoms with van der Waals surface area (Å²) in [7, 11) is 1.57. The van der Waals surface area contributed by atoms with Crippen LogP contribution in [0, 0.1) is 0 Å². The molecule has 1 heterocycles. The largest absolute Gasteiger partial charge is 0.496 e. The average molecular weight is 415 g/mol. The van der Waals surface area contributed by atoms with Crippen LogP contribution in [0.5, 0.6) is 5.75 Å². The van der Waals surface area contributed by atoms with E-state index in [0.717, 1.165) is 16.9 Å². The third kappa shape index (κ3) is 3.79. The zero-order chi connectivity index (χ0) is 22.0. The molecule has 158 valence electrons. The molecular weight excluding hydrogens is 388 g/mol. The molecule has 0 radical (unpaired) electrons. The topological polar surface area (TPSA) is 49.9 Å². The van der Waals surface area contributed by atoms with Gasteiger partial charge in [-0.25, -0.2) is 0 Å². The second kappa shape index (κ2) is 8.64. The first-order valence-electron chi connectivity index (χ1n) is 10.4. The van der Waals surface area contributed by atoms with E-state index in [0.29, 0.717) is 17.7 Å². The SMILES string of the molecule is COc1ccccc1C(=O)N(c1ccccc1)[C@H]1C[C@H](C)N(C(C)=O)c2ccccc21. The Bertz CT molecular complexity index is 1100. The monoisotopic (exact) mass is 414 g/mol. The Morgan fingerprint density at radius 1 is 0.935 bits per heavy atom. The first-order chi connectivity index (χ1) is 15.0. The van der Waals surface area contributed by atoms with Gasteiger partial charge in [0.25, 0.3) is 5.91 Å². The van der Waals surface area contributed by atoms with Crippen LogP contribution in [0.15, 0.2) is 78.9 Å². The predicted molar refractivity (Wildman–Crippen MR) is 123 cm³/mol. The van der Waals surface area contributed by atoms with Gasteiger partial charge in [0.1, 0.15) is 5.75 Å². The summed E-state index contributed by atoms with van der Waals surface area (Å²) < 4.78 is 5.48. The average Bonchev–Trinajstić information content (AvgIpc) is 2.79. The summed E-state index contributed by atoms with van der Waals surface area (Å²) >= 11 is 0. The number of benzene rings is 3. The molecule has 0 spiro atoms. The van der Waals surface area contributed by atoms with E-state index in [1.54, 1.807) is 26.2 Å². The summed E-state index contributed by atoms with van der Waals surface area (Å²) in [6.07, 6.45) is 0.631. The van der Waals surface area contributed by atoms with E-state index in [1.807, 2.05) is 83.5 Å². The fourth-order valence-electron chi connectivity index (χ4n) is 4.48. The van der Waals surface area contributed by atoms with Crippen molar-refractivity contribution in [2.75, 3.05) is 16.9 Å². The molecule has 0 aliphatic carbocycles. The third-order valence-electron chi connectivity index (χ3n) is 5.80. The molecule has 0 saturated heterocycles. The number of hydrogen-bond acceptors (Lipinski definition) is 3. The van der Waals surface area contributed by atoms with Crippen molar-refractivity contribution >= 4 is 23.2 Å². The standard InChI is InChI=1S/C26H26N2O3/c1-18-17-24(21-13-7-9-15-23(21)27(18)19(2)29)28(20-11-5-4-6-12-20)26(30)22-14-8-10-16-25(22)31-3/h4-16,18,24H,17H2,1-3H3/t18-,24-/m0/s1. The second-order valence-electron chi connectivity index (χ2n) is 7.76. The Labute approximate surface area is 182 Å². The Morgan fingerprint density at radius 3 is 2.29 bits per heavy atom. The molecule has 1 aliphatic rings. The van der Waals surface area contributed by atoms with E-state index in [-0.39, 0.29) is 23.9 Å². The lowest BCUT2D eigenvalue weighted by Crippen LogP contribution is -2.47. The molecule has 5 nitrogen and oxygen atoms in total. The maximum atomic E-state index is 13.9.